The molecule has 3 aromatic rings. The van der Waals surface area contributed by atoms with Crippen molar-refractivity contribution in [3.8, 4) is 11.6 Å². The van der Waals surface area contributed by atoms with E-state index in [1.807, 2.05) is 18.3 Å². The Bertz CT molecular complexity index is 1050. The number of aryl methyl sites for hydroxylation is 1. The summed E-state index contributed by atoms with van der Waals surface area (Å²) in [6.07, 6.45) is -0.383. The van der Waals surface area contributed by atoms with E-state index in [0.29, 0.717) is 32.1 Å². The van der Waals surface area contributed by atoms with Gasteiger partial charge in [-0.15, -0.1) is 0 Å². The normalized spacial score (nSPS) is 17.2. The summed E-state index contributed by atoms with van der Waals surface area (Å²) in [7, 11) is 1.60. The molecule has 1 aliphatic rings. The molecule has 1 saturated heterocycles. The Hall–Kier alpha value is -2.58. The van der Waals surface area contributed by atoms with Crippen molar-refractivity contribution in [1.82, 2.24) is 19.4 Å². The number of halogens is 3. The summed E-state index contributed by atoms with van der Waals surface area (Å²) < 4.78 is 45.3. The van der Waals surface area contributed by atoms with E-state index in [1.54, 1.807) is 13.3 Å². The lowest BCUT2D eigenvalue weighted by molar-refractivity contribution is -0.149. The molecular weight excluding hydrogens is 405 g/mol. The van der Waals surface area contributed by atoms with E-state index in [9.17, 15) is 13.2 Å². The summed E-state index contributed by atoms with van der Waals surface area (Å²) in [6.45, 7) is 5.54. The zero-order chi connectivity index (χ0) is 22.2. The van der Waals surface area contributed by atoms with Gasteiger partial charge in [0, 0.05) is 56.1 Å². The van der Waals surface area contributed by atoms with Crippen molar-refractivity contribution in [3.63, 3.8) is 0 Å². The number of hydrogen-bond donors (Lipinski definition) is 0. The molecule has 0 spiro atoms. The molecule has 0 bridgehead atoms. The molecule has 8 heteroatoms. The van der Waals surface area contributed by atoms with Crippen molar-refractivity contribution < 1.29 is 17.9 Å². The molecule has 4 rings (SSSR count). The molecule has 5 nitrogen and oxygen atoms in total. The molecule has 0 radical (unpaired) electrons. The maximum atomic E-state index is 12.7. The van der Waals surface area contributed by atoms with Crippen molar-refractivity contribution in [2.24, 2.45) is 0 Å². The Balaban J connectivity index is 1.55. The lowest BCUT2D eigenvalue weighted by atomic mass is 9.98. The highest BCUT2D eigenvalue weighted by Crippen LogP contribution is 2.31. The zero-order valence-corrected chi connectivity index (χ0v) is 18.0. The maximum Gasteiger partial charge on any atom is 0.401 e. The number of ether oxygens (including phenoxy) is 1. The van der Waals surface area contributed by atoms with E-state index in [1.165, 1.54) is 16.0 Å². The molecule has 0 aliphatic carbocycles. The third-order valence-corrected chi connectivity index (χ3v) is 6.09. The van der Waals surface area contributed by atoms with Crippen LogP contribution in [0, 0.1) is 6.92 Å². The molecule has 1 atom stereocenters. The number of hydrogen-bond acceptors (Lipinski definition) is 4. The summed E-state index contributed by atoms with van der Waals surface area (Å²) in [5.74, 6) is 0.561. The molecule has 3 heterocycles. The van der Waals surface area contributed by atoms with Crippen LogP contribution in [0.1, 0.15) is 24.1 Å². The molecule has 0 amide bonds. The van der Waals surface area contributed by atoms with Crippen LogP contribution in [0.2, 0.25) is 0 Å². The first-order chi connectivity index (χ1) is 14.7. The molecule has 1 fully saturated rings. The van der Waals surface area contributed by atoms with Crippen molar-refractivity contribution in [2.75, 3.05) is 39.8 Å². The fraction of sp³-hybridized carbons (Fsp3) is 0.435. The molecule has 1 aliphatic heterocycles. The molecule has 2 aromatic heterocycles. The first-order valence-electron chi connectivity index (χ1n) is 10.4. The monoisotopic (exact) mass is 432 g/mol. The zero-order valence-electron chi connectivity index (χ0n) is 18.0. The van der Waals surface area contributed by atoms with Crippen molar-refractivity contribution in [2.45, 2.75) is 26.1 Å². The predicted octanol–water partition coefficient (Wildman–Crippen LogP) is 4.58. The summed E-state index contributed by atoms with van der Waals surface area (Å²) in [6, 6.07) is 10.4. The van der Waals surface area contributed by atoms with Crippen LogP contribution in [0.5, 0.6) is 5.88 Å². The molecule has 1 aromatic carbocycles. The fourth-order valence-corrected chi connectivity index (χ4v) is 4.40. The minimum atomic E-state index is -4.14. The van der Waals surface area contributed by atoms with Gasteiger partial charge in [0.25, 0.3) is 0 Å². The van der Waals surface area contributed by atoms with Gasteiger partial charge in [-0.2, -0.15) is 13.2 Å². The highest BCUT2D eigenvalue weighted by Gasteiger charge is 2.33. The van der Waals surface area contributed by atoms with E-state index in [0.717, 1.165) is 16.6 Å². The van der Waals surface area contributed by atoms with Gasteiger partial charge in [-0.05, 0) is 49.2 Å². The number of piperazine rings is 1. The molecule has 0 saturated carbocycles. The number of nitrogens with zero attached hydrogens (tertiary/aromatic N) is 4. The first-order valence-corrected chi connectivity index (χ1v) is 10.4. The van der Waals surface area contributed by atoms with Gasteiger partial charge in [-0.25, -0.2) is 4.98 Å². The number of alkyl halides is 3. The second kappa shape index (κ2) is 8.51. The third-order valence-electron chi connectivity index (χ3n) is 6.09. The van der Waals surface area contributed by atoms with Gasteiger partial charge >= 0.3 is 6.18 Å². The summed E-state index contributed by atoms with van der Waals surface area (Å²) in [5, 5.41) is 1.12. The van der Waals surface area contributed by atoms with E-state index < -0.39 is 12.7 Å². The molecule has 31 heavy (non-hydrogen) atoms. The summed E-state index contributed by atoms with van der Waals surface area (Å²) in [4.78, 5) is 7.93. The van der Waals surface area contributed by atoms with Crippen LogP contribution in [0.3, 0.4) is 0 Å². The van der Waals surface area contributed by atoms with Crippen LogP contribution >= 0.6 is 0 Å². The maximum absolute atomic E-state index is 12.7. The highest BCUT2D eigenvalue weighted by atomic mass is 19.4. The first kappa shape index (κ1) is 21.6. The highest BCUT2D eigenvalue weighted by molar-refractivity contribution is 5.84. The summed E-state index contributed by atoms with van der Waals surface area (Å²) in [5.41, 5.74) is 4.44. The number of benzene rings is 1. The minimum Gasteiger partial charge on any atom is -0.481 e. The smallest absolute Gasteiger partial charge is 0.401 e. The Morgan fingerprint density at radius 2 is 1.84 bits per heavy atom. The summed E-state index contributed by atoms with van der Waals surface area (Å²) >= 11 is 0. The average molecular weight is 432 g/mol. The van der Waals surface area contributed by atoms with Crippen molar-refractivity contribution in [3.05, 3.63) is 53.9 Å². The molecule has 166 valence electrons. The number of methoxy groups -OCH3 is 1. The molecular formula is C23H27F3N4O. The Labute approximate surface area is 180 Å². The Morgan fingerprint density at radius 1 is 1.10 bits per heavy atom. The minimum absolute atomic E-state index is 0.141. The van der Waals surface area contributed by atoms with E-state index in [2.05, 4.69) is 46.5 Å². The van der Waals surface area contributed by atoms with Crippen LogP contribution in [0.15, 0.2) is 42.7 Å². The average Bonchev–Trinajstić information content (AvgIpc) is 3.15. The standard InChI is InChI=1S/C23H27F3N4O/c1-16-12-21-18(5-7-30(21)19-4-6-27-22(14-19)31-3)13-20(16)17(2)29-10-8-28(9-11-29)15-23(24,25)26/h4-7,12-14,17H,8-11,15H2,1-3H3. The number of aromatic nitrogens is 2. The van der Waals surface area contributed by atoms with Gasteiger partial charge in [0.05, 0.1) is 24.9 Å². The van der Waals surface area contributed by atoms with Crippen LogP contribution in [0.25, 0.3) is 16.6 Å². The second-order valence-electron chi connectivity index (χ2n) is 8.11. The number of fused-ring (bicyclic) bond motifs is 1. The number of rotatable bonds is 5. The van der Waals surface area contributed by atoms with E-state index >= 15 is 0 Å². The Kier molecular flexibility index (Phi) is 5.94. The lowest BCUT2D eigenvalue weighted by Gasteiger charge is -2.38. The third kappa shape index (κ3) is 4.70. The van der Waals surface area contributed by atoms with Crippen molar-refractivity contribution >= 4 is 10.9 Å². The van der Waals surface area contributed by atoms with E-state index in [4.69, 9.17) is 4.74 Å². The van der Waals surface area contributed by atoms with Gasteiger partial charge in [0.2, 0.25) is 5.88 Å². The quantitative estimate of drug-likeness (QED) is 0.591. The fourth-order valence-electron chi connectivity index (χ4n) is 4.40. The largest absolute Gasteiger partial charge is 0.481 e. The number of pyridine rings is 1. The SMILES string of the molecule is COc1cc(-n2ccc3cc(C(C)N4CCN(CC(F)(F)F)CC4)c(C)cc32)ccn1. The van der Waals surface area contributed by atoms with E-state index in [-0.39, 0.29) is 6.04 Å². The Morgan fingerprint density at radius 3 is 2.52 bits per heavy atom. The topological polar surface area (TPSA) is 33.5 Å². The van der Waals surface area contributed by atoms with Crippen LogP contribution in [0.4, 0.5) is 13.2 Å². The molecule has 0 N–H and O–H groups in total. The van der Waals surface area contributed by atoms with Gasteiger partial charge in [0.1, 0.15) is 0 Å². The predicted molar refractivity (Wildman–Crippen MR) is 115 cm³/mol. The van der Waals surface area contributed by atoms with Gasteiger partial charge in [0.15, 0.2) is 0 Å². The van der Waals surface area contributed by atoms with Crippen molar-refractivity contribution in [1.29, 1.82) is 0 Å². The van der Waals surface area contributed by atoms with Gasteiger partial charge in [-0.3, -0.25) is 9.80 Å². The van der Waals surface area contributed by atoms with Gasteiger partial charge in [-0.1, -0.05) is 0 Å². The molecule has 1 unspecified atom stereocenters. The second-order valence-corrected chi connectivity index (χ2v) is 8.11. The van der Waals surface area contributed by atoms with Crippen LogP contribution in [-0.2, 0) is 0 Å². The lowest BCUT2D eigenvalue weighted by Crippen LogP contribution is -2.49. The van der Waals surface area contributed by atoms with Gasteiger partial charge < -0.3 is 9.30 Å². The van der Waals surface area contributed by atoms with Crippen LogP contribution in [-0.4, -0.2) is 65.4 Å². The van der Waals surface area contributed by atoms with Crippen LogP contribution < -0.4 is 4.74 Å².